The molecule has 2 fully saturated rings. The zero-order chi connectivity index (χ0) is 19.8. The van der Waals surface area contributed by atoms with E-state index in [0.29, 0.717) is 49.5 Å². The molecule has 0 amide bonds. The van der Waals surface area contributed by atoms with Crippen LogP contribution in [0.4, 0.5) is 0 Å². The summed E-state index contributed by atoms with van der Waals surface area (Å²) < 4.78 is 43.7. The summed E-state index contributed by atoms with van der Waals surface area (Å²) >= 11 is 0. The van der Waals surface area contributed by atoms with Gasteiger partial charge in [0.25, 0.3) is 0 Å². The quantitative estimate of drug-likeness (QED) is 0.577. The predicted molar refractivity (Wildman–Crippen MR) is 107 cm³/mol. The molecule has 7 nitrogen and oxygen atoms in total. The lowest BCUT2D eigenvalue weighted by molar-refractivity contribution is 0.0269. The van der Waals surface area contributed by atoms with Gasteiger partial charge in [-0.25, -0.2) is 8.42 Å². The highest BCUT2D eigenvalue weighted by atomic mass is 32.2. The number of ether oxygens (including phenoxy) is 3. The first-order valence-electron chi connectivity index (χ1n) is 10.2. The summed E-state index contributed by atoms with van der Waals surface area (Å²) in [5.74, 6) is 1.22. The van der Waals surface area contributed by atoms with E-state index in [-0.39, 0.29) is 0 Å². The van der Waals surface area contributed by atoms with Crippen molar-refractivity contribution in [3.63, 3.8) is 0 Å². The van der Waals surface area contributed by atoms with E-state index in [4.69, 9.17) is 14.2 Å². The van der Waals surface area contributed by atoms with E-state index in [1.54, 1.807) is 28.6 Å². The number of sulfonamides is 1. The zero-order valence-electron chi connectivity index (χ0n) is 16.7. The molecular formula is C20H32N2O5S. The first-order valence-corrected chi connectivity index (χ1v) is 11.6. The Morgan fingerprint density at radius 2 is 1.71 bits per heavy atom. The van der Waals surface area contributed by atoms with Crippen molar-refractivity contribution >= 4 is 10.0 Å². The lowest BCUT2D eigenvalue weighted by Crippen LogP contribution is -2.44. The van der Waals surface area contributed by atoms with E-state index < -0.39 is 10.0 Å². The van der Waals surface area contributed by atoms with Gasteiger partial charge in [-0.3, -0.25) is 4.90 Å². The Hall–Kier alpha value is -1.19. The SMILES string of the molecule is CCOCCOc1ccc(S(=O)(=O)N2CCC(CN3CCOCC3)CC2)cc1. The number of rotatable bonds is 9. The maximum atomic E-state index is 12.9. The van der Waals surface area contributed by atoms with Crippen LogP contribution in [0.5, 0.6) is 5.75 Å². The molecule has 2 saturated heterocycles. The molecule has 0 spiro atoms. The lowest BCUT2D eigenvalue weighted by atomic mass is 9.97. The lowest BCUT2D eigenvalue weighted by Gasteiger charge is -2.35. The number of hydrogen-bond donors (Lipinski definition) is 0. The molecule has 3 rings (SSSR count). The standard InChI is InChI=1S/C20H32N2O5S/c1-2-25-15-16-27-19-3-5-20(6-4-19)28(23,24)22-9-7-18(8-10-22)17-21-11-13-26-14-12-21/h3-6,18H,2,7-17H2,1H3. The number of piperidine rings is 1. The Bertz CT molecular complexity index is 681. The van der Waals surface area contributed by atoms with Crippen LogP contribution in [0, 0.1) is 5.92 Å². The Kier molecular flexibility index (Phi) is 8.11. The monoisotopic (exact) mass is 412 g/mol. The van der Waals surface area contributed by atoms with Gasteiger partial charge in [-0.15, -0.1) is 0 Å². The third-order valence-corrected chi connectivity index (χ3v) is 7.27. The van der Waals surface area contributed by atoms with Gasteiger partial charge in [0.05, 0.1) is 24.7 Å². The van der Waals surface area contributed by atoms with Gasteiger partial charge in [0.2, 0.25) is 10.0 Å². The van der Waals surface area contributed by atoms with Gasteiger partial charge in [0, 0.05) is 39.3 Å². The maximum absolute atomic E-state index is 12.9. The second-order valence-corrected chi connectivity index (χ2v) is 9.22. The highest BCUT2D eigenvalue weighted by molar-refractivity contribution is 7.89. The van der Waals surface area contributed by atoms with Gasteiger partial charge >= 0.3 is 0 Å². The van der Waals surface area contributed by atoms with Crippen molar-refractivity contribution in [3.05, 3.63) is 24.3 Å². The minimum Gasteiger partial charge on any atom is -0.491 e. The highest BCUT2D eigenvalue weighted by Crippen LogP contribution is 2.25. The molecule has 2 heterocycles. The second kappa shape index (κ2) is 10.5. The van der Waals surface area contributed by atoms with Crippen molar-refractivity contribution in [3.8, 4) is 5.75 Å². The summed E-state index contributed by atoms with van der Waals surface area (Å²) in [5.41, 5.74) is 0. The average Bonchev–Trinajstić information content (AvgIpc) is 2.73. The summed E-state index contributed by atoms with van der Waals surface area (Å²) in [6.07, 6.45) is 1.82. The van der Waals surface area contributed by atoms with Crippen molar-refractivity contribution in [2.45, 2.75) is 24.7 Å². The number of hydrogen-bond acceptors (Lipinski definition) is 6. The summed E-state index contributed by atoms with van der Waals surface area (Å²) in [6.45, 7) is 9.37. The van der Waals surface area contributed by atoms with Crippen molar-refractivity contribution < 1.29 is 22.6 Å². The smallest absolute Gasteiger partial charge is 0.243 e. The summed E-state index contributed by atoms with van der Waals surface area (Å²) in [7, 11) is -3.44. The third-order valence-electron chi connectivity index (χ3n) is 5.36. The van der Waals surface area contributed by atoms with Gasteiger partial charge in [0.1, 0.15) is 12.4 Å². The molecule has 2 aliphatic heterocycles. The summed E-state index contributed by atoms with van der Waals surface area (Å²) in [6, 6.07) is 6.68. The number of morpholine rings is 1. The molecule has 28 heavy (non-hydrogen) atoms. The highest BCUT2D eigenvalue weighted by Gasteiger charge is 2.30. The molecule has 158 valence electrons. The summed E-state index contributed by atoms with van der Waals surface area (Å²) in [4.78, 5) is 2.76. The Morgan fingerprint density at radius 3 is 2.36 bits per heavy atom. The minimum absolute atomic E-state index is 0.330. The molecule has 0 saturated carbocycles. The molecule has 1 aromatic carbocycles. The Balaban J connectivity index is 1.49. The fourth-order valence-electron chi connectivity index (χ4n) is 3.70. The molecule has 0 N–H and O–H groups in total. The fourth-order valence-corrected chi connectivity index (χ4v) is 5.17. The predicted octanol–water partition coefficient (Wildman–Crippen LogP) is 1.83. The van der Waals surface area contributed by atoms with Crippen LogP contribution in [0.15, 0.2) is 29.2 Å². The molecule has 0 radical (unpaired) electrons. The van der Waals surface area contributed by atoms with Crippen LogP contribution in [-0.2, 0) is 19.5 Å². The van der Waals surface area contributed by atoms with Crippen molar-refractivity contribution in [2.75, 3.05) is 65.8 Å². The molecule has 0 aromatic heterocycles. The van der Waals surface area contributed by atoms with Gasteiger partial charge in [0.15, 0.2) is 0 Å². The van der Waals surface area contributed by atoms with Gasteiger partial charge < -0.3 is 14.2 Å². The van der Waals surface area contributed by atoms with Crippen LogP contribution >= 0.6 is 0 Å². The average molecular weight is 413 g/mol. The van der Waals surface area contributed by atoms with Crippen LogP contribution < -0.4 is 4.74 Å². The van der Waals surface area contributed by atoms with E-state index in [0.717, 1.165) is 45.7 Å². The maximum Gasteiger partial charge on any atom is 0.243 e. The van der Waals surface area contributed by atoms with E-state index >= 15 is 0 Å². The first kappa shape index (κ1) is 21.5. The second-order valence-electron chi connectivity index (χ2n) is 7.28. The molecule has 1 aromatic rings. The van der Waals surface area contributed by atoms with Crippen molar-refractivity contribution in [1.82, 2.24) is 9.21 Å². The van der Waals surface area contributed by atoms with Gasteiger partial charge in [-0.2, -0.15) is 4.31 Å². The molecule has 0 bridgehead atoms. The van der Waals surface area contributed by atoms with Crippen molar-refractivity contribution in [1.29, 1.82) is 0 Å². The zero-order valence-corrected chi connectivity index (χ0v) is 17.5. The van der Waals surface area contributed by atoms with Crippen LogP contribution in [0.25, 0.3) is 0 Å². The first-order chi connectivity index (χ1) is 13.6. The minimum atomic E-state index is -3.44. The third kappa shape index (κ3) is 5.90. The fraction of sp³-hybridized carbons (Fsp3) is 0.700. The molecule has 0 unspecified atom stereocenters. The largest absolute Gasteiger partial charge is 0.491 e. The van der Waals surface area contributed by atoms with Crippen LogP contribution in [0.2, 0.25) is 0 Å². The molecular weight excluding hydrogens is 380 g/mol. The van der Waals surface area contributed by atoms with E-state index in [1.807, 2.05) is 6.92 Å². The Morgan fingerprint density at radius 1 is 1.04 bits per heavy atom. The van der Waals surface area contributed by atoms with Crippen molar-refractivity contribution in [2.24, 2.45) is 5.92 Å². The summed E-state index contributed by atoms with van der Waals surface area (Å²) in [5, 5.41) is 0. The normalized spacial score (nSPS) is 20.3. The van der Waals surface area contributed by atoms with Crippen LogP contribution in [-0.4, -0.2) is 83.4 Å². The van der Waals surface area contributed by atoms with Crippen LogP contribution in [0.1, 0.15) is 19.8 Å². The number of benzene rings is 1. The topological polar surface area (TPSA) is 68.3 Å². The van der Waals surface area contributed by atoms with E-state index in [2.05, 4.69) is 4.90 Å². The van der Waals surface area contributed by atoms with Crippen LogP contribution in [0.3, 0.4) is 0 Å². The van der Waals surface area contributed by atoms with Gasteiger partial charge in [-0.1, -0.05) is 0 Å². The molecule has 0 aliphatic carbocycles. The molecule has 2 aliphatic rings. The Labute approximate surface area is 168 Å². The van der Waals surface area contributed by atoms with E-state index in [9.17, 15) is 8.42 Å². The van der Waals surface area contributed by atoms with Gasteiger partial charge in [-0.05, 0) is 49.9 Å². The molecule has 0 atom stereocenters. The van der Waals surface area contributed by atoms with E-state index in [1.165, 1.54) is 0 Å². The number of nitrogens with zero attached hydrogens (tertiary/aromatic N) is 2. The molecule has 8 heteroatoms.